The Balaban J connectivity index is 0.977. The molecule has 71 heavy (non-hydrogen) atoms. The third-order valence-electron chi connectivity index (χ3n) is 16.1. The number of fused-ring (bicyclic) bond motifs is 16. The first kappa shape index (κ1) is 39.9. The summed E-state index contributed by atoms with van der Waals surface area (Å²) >= 11 is 0. The Kier molecular flexibility index (Phi) is 8.56. The molecule has 0 aliphatic heterocycles. The molecular formula is C70H45N. The Hall–Kier alpha value is -9.04. The van der Waals surface area contributed by atoms with Crippen LogP contribution in [0.1, 0.15) is 44.5 Å². The average Bonchev–Trinajstić information content (AvgIpc) is 4.04. The lowest BCUT2D eigenvalue weighted by atomic mass is 9.68. The summed E-state index contributed by atoms with van der Waals surface area (Å²) in [4.78, 5) is 2.53. The van der Waals surface area contributed by atoms with E-state index < -0.39 is 10.8 Å². The van der Waals surface area contributed by atoms with Crippen molar-refractivity contribution in [2.75, 3.05) is 4.90 Å². The van der Waals surface area contributed by atoms with Gasteiger partial charge in [-0.1, -0.05) is 237 Å². The van der Waals surface area contributed by atoms with Gasteiger partial charge in [-0.2, -0.15) is 0 Å². The number of rotatable bonds is 6. The maximum atomic E-state index is 2.53. The normalized spacial score (nSPS) is 13.9. The Morgan fingerprint density at radius 1 is 0.254 bits per heavy atom. The van der Waals surface area contributed by atoms with Crippen LogP contribution in [0.5, 0.6) is 0 Å². The van der Waals surface area contributed by atoms with Gasteiger partial charge in [0.1, 0.15) is 0 Å². The molecule has 3 aliphatic rings. The molecule has 15 rings (SSSR count). The number of hydrogen-bond acceptors (Lipinski definition) is 1. The molecule has 0 radical (unpaired) electrons. The van der Waals surface area contributed by atoms with Gasteiger partial charge >= 0.3 is 0 Å². The highest BCUT2D eigenvalue weighted by Gasteiger charge is 2.52. The van der Waals surface area contributed by atoms with Gasteiger partial charge < -0.3 is 4.90 Å². The zero-order valence-corrected chi connectivity index (χ0v) is 38.9. The van der Waals surface area contributed by atoms with E-state index in [1.54, 1.807) is 0 Å². The zero-order valence-electron chi connectivity index (χ0n) is 38.9. The van der Waals surface area contributed by atoms with Crippen molar-refractivity contribution < 1.29 is 0 Å². The first-order valence-corrected chi connectivity index (χ1v) is 24.8. The van der Waals surface area contributed by atoms with Crippen LogP contribution in [0.3, 0.4) is 0 Å². The lowest BCUT2D eigenvalue weighted by Gasteiger charge is -2.34. The van der Waals surface area contributed by atoms with Crippen molar-refractivity contribution in [1.29, 1.82) is 0 Å². The van der Waals surface area contributed by atoms with Crippen LogP contribution >= 0.6 is 0 Å². The Morgan fingerprint density at radius 2 is 0.718 bits per heavy atom. The van der Waals surface area contributed by atoms with E-state index in [9.17, 15) is 0 Å². The minimum atomic E-state index is -0.493. The number of anilines is 3. The van der Waals surface area contributed by atoms with Crippen molar-refractivity contribution in [2.45, 2.75) is 10.8 Å². The van der Waals surface area contributed by atoms with Crippen LogP contribution in [0.15, 0.2) is 273 Å². The first-order chi connectivity index (χ1) is 35.2. The van der Waals surface area contributed by atoms with Crippen molar-refractivity contribution in [1.82, 2.24) is 0 Å². The topological polar surface area (TPSA) is 3.24 Å². The van der Waals surface area contributed by atoms with Crippen LogP contribution in [0.2, 0.25) is 0 Å². The highest BCUT2D eigenvalue weighted by Crippen LogP contribution is 2.65. The molecule has 12 aromatic carbocycles. The van der Waals surface area contributed by atoms with Crippen LogP contribution in [0.4, 0.5) is 17.1 Å². The monoisotopic (exact) mass is 899 g/mol. The summed E-state index contributed by atoms with van der Waals surface area (Å²) in [5.41, 5.74) is 22.9. The lowest BCUT2D eigenvalue weighted by molar-refractivity contribution is 0.768. The molecule has 1 spiro atoms. The summed E-state index contributed by atoms with van der Waals surface area (Å²) in [5, 5.41) is 5.06. The second-order valence-electron chi connectivity index (χ2n) is 19.4. The van der Waals surface area contributed by atoms with Crippen LogP contribution in [0.25, 0.3) is 66.1 Å². The third-order valence-corrected chi connectivity index (χ3v) is 16.1. The first-order valence-electron chi connectivity index (χ1n) is 24.8. The minimum Gasteiger partial charge on any atom is -0.310 e. The molecule has 330 valence electrons. The Bertz CT molecular complexity index is 4020. The van der Waals surface area contributed by atoms with Crippen molar-refractivity contribution in [3.8, 4) is 44.5 Å². The molecule has 12 aromatic rings. The highest BCUT2D eigenvalue weighted by atomic mass is 15.1. The van der Waals surface area contributed by atoms with E-state index in [0.717, 1.165) is 17.1 Å². The second-order valence-corrected chi connectivity index (χ2v) is 19.4. The number of nitrogens with zero attached hydrogens (tertiary/aromatic N) is 1. The predicted octanol–water partition coefficient (Wildman–Crippen LogP) is 17.8. The van der Waals surface area contributed by atoms with E-state index >= 15 is 0 Å². The average molecular weight is 900 g/mol. The standard InChI is InChI=1S/C70H45N/c1-3-19-50(20-4-1)69(51-21-5-2-6-22-51)61-28-13-11-26-57(61)60-45-53(42-43-65(60)69)71(52-40-38-46(39-41-52)49-37-36-48-35-34-47-18-7-8-23-54(47)59(48)44-49)67-33-17-32-66-68(67)58-27-12-16-31-64(58)70(66)62-29-14-9-24-55(62)56-25-10-15-30-63(56)70/h1-45H. The highest BCUT2D eigenvalue weighted by molar-refractivity contribution is 6.09. The van der Waals surface area contributed by atoms with Gasteiger partial charge in [-0.3, -0.25) is 0 Å². The van der Waals surface area contributed by atoms with Gasteiger partial charge in [0.2, 0.25) is 0 Å². The molecule has 0 aromatic heterocycles. The Morgan fingerprint density at radius 3 is 1.38 bits per heavy atom. The van der Waals surface area contributed by atoms with Crippen molar-refractivity contribution in [3.05, 3.63) is 317 Å². The van der Waals surface area contributed by atoms with Crippen molar-refractivity contribution >= 4 is 38.6 Å². The molecule has 0 atom stereocenters. The van der Waals surface area contributed by atoms with Gasteiger partial charge in [0, 0.05) is 16.9 Å². The largest absolute Gasteiger partial charge is 0.310 e. The lowest BCUT2D eigenvalue weighted by Crippen LogP contribution is -2.28. The molecule has 1 heteroatoms. The van der Waals surface area contributed by atoms with E-state index in [0.29, 0.717) is 0 Å². The van der Waals surface area contributed by atoms with Gasteiger partial charge in [0.25, 0.3) is 0 Å². The maximum Gasteiger partial charge on any atom is 0.0726 e. The summed E-state index contributed by atoms with van der Waals surface area (Å²) in [6, 6.07) is 102. The van der Waals surface area contributed by atoms with Crippen LogP contribution in [0, 0.1) is 0 Å². The van der Waals surface area contributed by atoms with Crippen molar-refractivity contribution in [3.63, 3.8) is 0 Å². The molecule has 1 nitrogen and oxygen atoms in total. The fraction of sp³-hybridized carbons (Fsp3) is 0.0286. The molecule has 0 amide bonds. The van der Waals surface area contributed by atoms with E-state index in [-0.39, 0.29) is 0 Å². The molecule has 0 heterocycles. The summed E-state index contributed by atoms with van der Waals surface area (Å²) in [6.07, 6.45) is 0. The smallest absolute Gasteiger partial charge is 0.0726 e. The summed E-state index contributed by atoms with van der Waals surface area (Å²) in [5.74, 6) is 0. The van der Waals surface area contributed by atoms with Gasteiger partial charge in [-0.15, -0.1) is 0 Å². The number of benzene rings is 12. The van der Waals surface area contributed by atoms with Gasteiger partial charge in [-0.25, -0.2) is 0 Å². The van der Waals surface area contributed by atoms with E-state index in [1.165, 1.54) is 111 Å². The van der Waals surface area contributed by atoms with Crippen LogP contribution in [-0.2, 0) is 10.8 Å². The van der Waals surface area contributed by atoms with Gasteiger partial charge in [-0.05, 0) is 141 Å². The van der Waals surface area contributed by atoms with Gasteiger partial charge in [0.15, 0.2) is 0 Å². The van der Waals surface area contributed by atoms with E-state index in [2.05, 4.69) is 278 Å². The quantitative estimate of drug-likeness (QED) is 0.150. The van der Waals surface area contributed by atoms with Crippen LogP contribution < -0.4 is 4.90 Å². The Labute approximate surface area is 414 Å². The molecule has 0 N–H and O–H groups in total. The molecule has 0 bridgehead atoms. The summed E-state index contributed by atoms with van der Waals surface area (Å²) in [7, 11) is 0. The van der Waals surface area contributed by atoms with E-state index in [1.807, 2.05) is 0 Å². The SMILES string of the molecule is c1ccc(C2(c3ccccc3)c3ccccc3-c3cc(N(c4ccc(-c5ccc6ccc7ccccc7c6c5)cc4)c4cccc5c4-c4ccccc4C54c5ccccc5-c5ccccc54)ccc32)cc1. The minimum absolute atomic E-state index is 0.466. The fourth-order valence-corrected chi connectivity index (χ4v) is 13.3. The fourth-order valence-electron chi connectivity index (χ4n) is 13.3. The molecule has 0 fully saturated rings. The van der Waals surface area contributed by atoms with Gasteiger partial charge in [0.05, 0.1) is 16.5 Å². The van der Waals surface area contributed by atoms with Crippen molar-refractivity contribution in [2.24, 2.45) is 0 Å². The molecule has 0 unspecified atom stereocenters. The number of hydrogen-bond donors (Lipinski definition) is 0. The predicted molar refractivity (Wildman–Crippen MR) is 295 cm³/mol. The van der Waals surface area contributed by atoms with Crippen LogP contribution in [-0.4, -0.2) is 0 Å². The third kappa shape index (κ3) is 5.46. The molecule has 0 saturated carbocycles. The zero-order chi connectivity index (χ0) is 46.7. The van der Waals surface area contributed by atoms with E-state index in [4.69, 9.17) is 0 Å². The summed E-state index contributed by atoms with van der Waals surface area (Å²) in [6.45, 7) is 0. The molecular weight excluding hydrogens is 855 g/mol. The summed E-state index contributed by atoms with van der Waals surface area (Å²) < 4.78 is 0. The molecule has 0 saturated heterocycles. The second kappa shape index (κ2) is 15.2. The molecule has 3 aliphatic carbocycles. The maximum absolute atomic E-state index is 2.53.